The van der Waals surface area contributed by atoms with Crippen molar-refractivity contribution in [2.75, 3.05) is 13.0 Å². The number of aryl methyl sites for hydroxylation is 1. The average molecular weight is 244 g/mol. The normalized spacial score (nSPS) is 14.7. The van der Waals surface area contributed by atoms with Crippen LogP contribution in [0.5, 0.6) is 0 Å². The van der Waals surface area contributed by atoms with Gasteiger partial charge in [-0.2, -0.15) is 0 Å². The lowest BCUT2D eigenvalue weighted by atomic mass is 10.1. The third-order valence-corrected chi connectivity index (χ3v) is 3.53. The first-order chi connectivity index (χ1) is 7.59. The van der Waals surface area contributed by atoms with Crippen LogP contribution in [0.15, 0.2) is 24.3 Å². The molecule has 0 spiro atoms. The van der Waals surface area contributed by atoms with Crippen LogP contribution in [-0.4, -0.2) is 18.1 Å². The molecule has 1 rings (SSSR count). The maximum absolute atomic E-state index is 11.7. The van der Waals surface area contributed by atoms with Gasteiger partial charge in [0.15, 0.2) is 0 Å². The maximum Gasteiger partial charge on any atom is 0.356 e. The molecule has 0 saturated heterocycles. The molecule has 0 aliphatic heterocycles. The molecule has 0 saturated carbocycles. The molecular weight excluding hydrogens is 227 g/mol. The Hall–Kier alpha value is -0.670. The van der Waals surface area contributed by atoms with E-state index in [1.165, 1.54) is 0 Å². The van der Waals surface area contributed by atoms with Gasteiger partial charge >= 0.3 is 7.60 Å². The summed E-state index contributed by atoms with van der Waals surface area (Å²) in [6.45, 7) is 4.11. The largest absolute Gasteiger partial charge is 0.384 e. The van der Waals surface area contributed by atoms with E-state index in [0.717, 1.165) is 11.1 Å². The molecule has 0 aliphatic carbocycles. The van der Waals surface area contributed by atoms with Crippen LogP contribution in [0.4, 0.5) is 0 Å². The molecule has 0 amide bonds. The molecule has 0 fully saturated rings. The fraction of sp³-hybridized carbons (Fsp3) is 0.455. The van der Waals surface area contributed by atoms with Crippen molar-refractivity contribution in [1.82, 2.24) is 0 Å². The Morgan fingerprint density at radius 3 is 2.69 bits per heavy atom. The Kier molecular flexibility index (Phi) is 5.16. The second-order valence-corrected chi connectivity index (χ2v) is 5.45. The number of aliphatic hydroxyl groups excluding tert-OH is 1. The molecule has 4 nitrogen and oxygen atoms in total. The molecule has 5 heteroatoms. The summed E-state index contributed by atoms with van der Waals surface area (Å²) in [7, 11) is -3.33. The molecule has 1 N–H and O–H groups in total. The summed E-state index contributed by atoms with van der Waals surface area (Å²) < 4.78 is 21.8. The molecular formula is C11H17O4P. The van der Waals surface area contributed by atoms with E-state index in [2.05, 4.69) is 0 Å². The maximum atomic E-state index is 11.7. The van der Waals surface area contributed by atoms with Gasteiger partial charge in [0.05, 0.1) is 13.2 Å². The molecule has 0 bridgehead atoms. The number of benzene rings is 1. The minimum absolute atomic E-state index is 0.180. The molecule has 1 aromatic rings. The molecule has 1 unspecified atom stereocenters. The van der Waals surface area contributed by atoms with Crippen molar-refractivity contribution in [3.8, 4) is 0 Å². The quantitative estimate of drug-likeness (QED) is 0.781. The van der Waals surface area contributed by atoms with Crippen LogP contribution >= 0.6 is 7.60 Å². The van der Waals surface area contributed by atoms with Crippen molar-refractivity contribution < 1.29 is 18.7 Å². The predicted molar refractivity (Wildman–Crippen MR) is 62.3 cm³/mol. The Morgan fingerprint density at radius 2 is 2.12 bits per heavy atom. The average Bonchev–Trinajstić information content (AvgIpc) is 2.27. The minimum Gasteiger partial charge on any atom is -0.384 e. The highest BCUT2D eigenvalue weighted by molar-refractivity contribution is 7.53. The molecule has 16 heavy (non-hydrogen) atoms. The second-order valence-electron chi connectivity index (χ2n) is 3.43. The fourth-order valence-corrected chi connectivity index (χ4v) is 2.27. The van der Waals surface area contributed by atoms with Crippen LogP contribution in [0, 0.1) is 6.92 Å². The first kappa shape index (κ1) is 13.4. The molecule has 1 aromatic carbocycles. The van der Waals surface area contributed by atoms with Gasteiger partial charge in [0.1, 0.15) is 6.35 Å². The van der Waals surface area contributed by atoms with E-state index in [1.54, 1.807) is 6.92 Å². The highest BCUT2D eigenvalue weighted by atomic mass is 31.2. The van der Waals surface area contributed by atoms with E-state index in [4.69, 9.17) is 14.2 Å². The van der Waals surface area contributed by atoms with Crippen molar-refractivity contribution in [2.24, 2.45) is 0 Å². The Balaban J connectivity index is 2.59. The number of aliphatic hydroxyl groups is 1. The monoisotopic (exact) mass is 244 g/mol. The van der Waals surface area contributed by atoms with E-state index >= 15 is 0 Å². The zero-order valence-corrected chi connectivity index (χ0v) is 10.4. The van der Waals surface area contributed by atoms with Crippen LogP contribution < -0.4 is 0 Å². The van der Waals surface area contributed by atoms with E-state index in [1.807, 2.05) is 31.2 Å². The lowest BCUT2D eigenvalue weighted by molar-refractivity contribution is 0.179. The lowest BCUT2D eigenvalue weighted by Gasteiger charge is -2.15. The zero-order chi connectivity index (χ0) is 12.0. The molecule has 0 aliphatic rings. The summed E-state index contributed by atoms with van der Waals surface area (Å²) in [4.78, 5) is 0. The molecule has 0 radical (unpaired) electrons. The van der Waals surface area contributed by atoms with E-state index in [-0.39, 0.29) is 13.2 Å². The van der Waals surface area contributed by atoms with Gasteiger partial charge < -0.3 is 14.2 Å². The molecule has 90 valence electrons. The Bertz CT molecular complexity index is 378. The first-order valence-electron chi connectivity index (χ1n) is 5.14. The van der Waals surface area contributed by atoms with Gasteiger partial charge in [-0.1, -0.05) is 29.8 Å². The summed E-state index contributed by atoms with van der Waals surface area (Å²) in [6, 6.07) is 7.69. The highest BCUT2D eigenvalue weighted by Gasteiger charge is 2.22. The van der Waals surface area contributed by atoms with Gasteiger partial charge in [0, 0.05) is 0 Å². The van der Waals surface area contributed by atoms with E-state index in [9.17, 15) is 4.57 Å². The van der Waals surface area contributed by atoms with Gasteiger partial charge in [0.25, 0.3) is 0 Å². The van der Waals surface area contributed by atoms with Gasteiger partial charge in [0.2, 0.25) is 0 Å². The molecule has 1 atom stereocenters. The van der Waals surface area contributed by atoms with Crippen molar-refractivity contribution >= 4 is 7.60 Å². The molecule has 0 aromatic heterocycles. The van der Waals surface area contributed by atoms with Crippen LogP contribution in [-0.2, 0) is 20.2 Å². The third-order valence-electron chi connectivity index (χ3n) is 2.01. The minimum atomic E-state index is -3.33. The number of hydrogen-bond acceptors (Lipinski definition) is 4. The number of rotatable bonds is 6. The Morgan fingerprint density at radius 1 is 1.38 bits per heavy atom. The van der Waals surface area contributed by atoms with Crippen molar-refractivity contribution in [3.63, 3.8) is 0 Å². The van der Waals surface area contributed by atoms with Crippen LogP contribution in [0.3, 0.4) is 0 Å². The summed E-state index contributed by atoms with van der Waals surface area (Å²) in [6.07, 6.45) is -0.591. The summed E-state index contributed by atoms with van der Waals surface area (Å²) in [5.41, 5.74) is 2.02. The number of hydrogen-bond donors (Lipinski definition) is 1. The van der Waals surface area contributed by atoms with E-state index < -0.39 is 13.9 Å². The zero-order valence-electron chi connectivity index (χ0n) is 9.55. The smallest absolute Gasteiger partial charge is 0.356 e. The highest BCUT2D eigenvalue weighted by Crippen LogP contribution is 2.47. The standard InChI is InChI=1S/C11H17O4P/c1-3-14-16(13,9-12)15-8-11-6-4-5-10(2)7-11/h4-7,12H,3,8-9H2,1-2H3. The lowest BCUT2D eigenvalue weighted by Crippen LogP contribution is -2.00. The van der Waals surface area contributed by atoms with Crippen LogP contribution in [0.2, 0.25) is 0 Å². The van der Waals surface area contributed by atoms with Gasteiger partial charge in [-0.25, -0.2) is 0 Å². The van der Waals surface area contributed by atoms with Crippen LogP contribution in [0.1, 0.15) is 18.1 Å². The Labute approximate surface area is 95.7 Å². The topological polar surface area (TPSA) is 55.8 Å². The summed E-state index contributed by atoms with van der Waals surface area (Å²) in [5.74, 6) is 0. The van der Waals surface area contributed by atoms with Crippen molar-refractivity contribution in [3.05, 3.63) is 35.4 Å². The van der Waals surface area contributed by atoms with Gasteiger partial charge in [-0.05, 0) is 19.4 Å². The van der Waals surface area contributed by atoms with E-state index in [0.29, 0.717) is 0 Å². The van der Waals surface area contributed by atoms with Crippen LogP contribution in [0.25, 0.3) is 0 Å². The molecule has 0 heterocycles. The fourth-order valence-electron chi connectivity index (χ4n) is 1.29. The summed E-state index contributed by atoms with van der Waals surface area (Å²) in [5, 5.41) is 8.94. The SMILES string of the molecule is CCOP(=O)(CO)OCc1cccc(C)c1. The van der Waals surface area contributed by atoms with Crippen molar-refractivity contribution in [1.29, 1.82) is 0 Å². The van der Waals surface area contributed by atoms with Crippen molar-refractivity contribution in [2.45, 2.75) is 20.5 Å². The first-order valence-corrected chi connectivity index (χ1v) is 6.87. The summed E-state index contributed by atoms with van der Waals surface area (Å²) >= 11 is 0. The third kappa shape index (κ3) is 4.06. The second kappa shape index (κ2) is 6.16. The van der Waals surface area contributed by atoms with Gasteiger partial charge in [-0.3, -0.25) is 4.57 Å². The van der Waals surface area contributed by atoms with Gasteiger partial charge in [-0.15, -0.1) is 0 Å². The predicted octanol–water partition coefficient (Wildman–Crippen LogP) is 2.69.